The molecule has 0 aromatic heterocycles. The Balaban J connectivity index is 2.51. The van der Waals surface area contributed by atoms with E-state index < -0.39 is 64.2 Å². The largest absolute Gasteiger partial charge is 0.416 e. The minimum absolute atomic E-state index is 0.0575. The Morgan fingerprint density at radius 1 is 1.11 bits per heavy atom. The zero-order valence-electron chi connectivity index (χ0n) is 20.6. The maximum atomic E-state index is 14.4. The minimum atomic E-state index is -4.80. The molecule has 2 aromatic rings. The Bertz CT molecular complexity index is 1240. The van der Waals surface area contributed by atoms with Crippen molar-refractivity contribution in [1.29, 1.82) is 0 Å². The van der Waals surface area contributed by atoms with Crippen LogP contribution in [0.15, 0.2) is 42.5 Å². The van der Waals surface area contributed by atoms with Crippen molar-refractivity contribution in [3.63, 3.8) is 0 Å². The lowest BCUT2D eigenvalue weighted by atomic mass is 10.1. The molecular formula is C24H28ClF4N3O4S. The van der Waals surface area contributed by atoms with Crippen LogP contribution in [0, 0.1) is 5.82 Å². The van der Waals surface area contributed by atoms with Gasteiger partial charge in [0, 0.05) is 18.2 Å². The number of rotatable bonds is 10. The summed E-state index contributed by atoms with van der Waals surface area (Å²) < 4.78 is 79.9. The van der Waals surface area contributed by atoms with Crippen LogP contribution in [0.4, 0.5) is 23.2 Å². The van der Waals surface area contributed by atoms with Crippen LogP contribution in [-0.2, 0) is 32.3 Å². The van der Waals surface area contributed by atoms with Crippen molar-refractivity contribution < 1.29 is 35.6 Å². The number of benzene rings is 2. The van der Waals surface area contributed by atoms with Crippen LogP contribution in [0.2, 0.25) is 5.02 Å². The first-order valence-electron chi connectivity index (χ1n) is 11.2. The molecule has 1 N–H and O–H groups in total. The Kier molecular flexibility index (Phi) is 9.95. The van der Waals surface area contributed by atoms with Crippen LogP contribution < -0.4 is 9.62 Å². The molecule has 0 saturated carbocycles. The minimum Gasteiger partial charge on any atom is -0.352 e. The fourth-order valence-corrected chi connectivity index (χ4v) is 4.46. The van der Waals surface area contributed by atoms with Gasteiger partial charge in [-0.1, -0.05) is 36.7 Å². The third-order valence-corrected chi connectivity index (χ3v) is 7.13. The number of halogens is 5. The Morgan fingerprint density at radius 3 is 2.27 bits per heavy atom. The molecule has 204 valence electrons. The lowest BCUT2D eigenvalue weighted by Crippen LogP contribution is -2.52. The molecular weight excluding hydrogens is 538 g/mol. The van der Waals surface area contributed by atoms with Gasteiger partial charge < -0.3 is 10.2 Å². The van der Waals surface area contributed by atoms with E-state index in [4.69, 9.17) is 11.6 Å². The van der Waals surface area contributed by atoms with Crippen molar-refractivity contribution >= 4 is 39.1 Å². The highest BCUT2D eigenvalue weighted by Crippen LogP contribution is 2.36. The molecule has 0 heterocycles. The molecule has 2 rings (SSSR count). The second-order valence-electron chi connectivity index (χ2n) is 8.54. The fourth-order valence-electron chi connectivity index (χ4n) is 3.33. The zero-order chi connectivity index (χ0) is 28.1. The first kappa shape index (κ1) is 30.4. The third-order valence-electron chi connectivity index (χ3n) is 5.69. The molecule has 0 aliphatic carbocycles. The summed E-state index contributed by atoms with van der Waals surface area (Å²) in [6.45, 7) is 3.59. The van der Waals surface area contributed by atoms with Crippen molar-refractivity contribution in [2.75, 3.05) is 17.1 Å². The number of nitrogens with one attached hydrogen (secondary N) is 1. The molecule has 37 heavy (non-hydrogen) atoms. The predicted octanol–water partition coefficient (Wildman–Crippen LogP) is 4.60. The normalized spacial score (nSPS) is 13.5. The van der Waals surface area contributed by atoms with E-state index in [9.17, 15) is 35.6 Å². The van der Waals surface area contributed by atoms with Crippen LogP contribution in [-0.4, -0.2) is 50.0 Å². The Morgan fingerprint density at radius 2 is 1.73 bits per heavy atom. The molecule has 13 heteroatoms. The lowest BCUT2D eigenvalue weighted by Gasteiger charge is -2.32. The number of anilines is 1. The first-order chi connectivity index (χ1) is 17.1. The van der Waals surface area contributed by atoms with E-state index >= 15 is 0 Å². The predicted molar refractivity (Wildman–Crippen MR) is 133 cm³/mol. The average Bonchev–Trinajstić information content (AvgIpc) is 2.80. The van der Waals surface area contributed by atoms with E-state index in [0.717, 1.165) is 17.0 Å². The summed E-state index contributed by atoms with van der Waals surface area (Å²) >= 11 is 6.03. The smallest absolute Gasteiger partial charge is 0.352 e. The molecule has 0 aliphatic rings. The molecule has 0 radical (unpaired) electrons. The van der Waals surface area contributed by atoms with Crippen molar-refractivity contribution in [3.8, 4) is 0 Å². The SMILES string of the molecule is CC[C@H](C)NC(=O)[C@@H](C)N(Cc1ccccc1F)C(=O)CN(c1cc(C(F)(F)F)ccc1Cl)S(C)(=O)=O. The van der Waals surface area contributed by atoms with Gasteiger partial charge in [0.25, 0.3) is 0 Å². The average molecular weight is 566 g/mol. The van der Waals surface area contributed by atoms with Crippen LogP contribution >= 0.6 is 11.6 Å². The molecule has 0 unspecified atom stereocenters. The van der Waals surface area contributed by atoms with Crippen LogP contribution in [0.1, 0.15) is 38.3 Å². The number of carbonyl (C=O) groups is 2. The van der Waals surface area contributed by atoms with E-state index in [0.29, 0.717) is 29.1 Å². The summed E-state index contributed by atoms with van der Waals surface area (Å²) in [6.07, 6.45) is -3.50. The van der Waals surface area contributed by atoms with Gasteiger partial charge in [-0.15, -0.1) is 0 Å². The number of amides is 2. The van der Waals surface area contributed by atoms with Crippen molar-refractivity contribution in [2.24, 2.45) is 0 Å². The second-order valence-corrected chi connectivity index (χ2v) is 10.9. The second kappa shape index (κ2) is 12.1. The molecule has 2 atom stereocenters. The van der Waals surface area contributed by atoms with E-state index in [1.807, 2.05) is 6.92 Å². The topological polar surface area (TPSA) is 86.8 Å². The summed E-state index contributed by atoms with van der Waals surface area (Å²) in [7, 11) is -4.32. The highest BCUT2D eigenvalue weighted by molar-refractivity contribution is 7.92. The highest BCUT2D eigenvalue weighted by Gasteiger charge is 2.35. The van der Waals surface area contributed by atoms with Gasteiger partial charge in [-0.05, 0) is 44.5 Å². The monoisotopic (exact) mass is 565 g/mol. The van der Waals surface area contributed by atoms with Crippen molar-refractivity contribution in [2.45, 2.75) is 52.0 Å². The van der Waals surface area contributed by atoms with Crippen LogP contribution in [0.25, 0.3) is 0 Å². The van der Waals surface area contributed by atoms with E-state index in [1.54, 1.807) is 6.92 Å². The number of hydrogen-bond donors (Lipinski definition) is 1. The third kappa shape index (κ3) is 8.06. The molecule has 0 fully saturated rings. The lowest BCUT2D eigenvalue weighted by molar-refractivity contribution is -0.139. The number of alkyl halides is 3. The molecule has 0 aliphatic heterocycles. The van der Waals surface area contributed by atoms with E-state index in [-0.39, 0.29) is 16.6 Å². The fraction of sp³-hybridized carbons (Fsp3) is 0.417. The number of nitrogens with zero attached hydrogens (tertiary/aromatic N) is 2. The summed E-state index contributed by atoms with van der Waals surface area (Å²) in [5.41, 5.74) is -1.67. The standard InChI is InChI=1S/C24H28ClF4N3O4S/c1-5-15(2)30-23(34)16(3)31(13-17-8-6-7-9-20(17)26)22(33)14-32(37(4,35)36)21-12-18(24(27,28)29)10-11-19(21)25/h6-12,15-16H,5,13-14H2,1-4H3,(H,30,34)/t15-,16+/m0/s1. The van der Waals surface area contributed by atoms with Gasteiger partial charge in [0.05, 0.1) is 22.5 Å². The summed E-state index contributed by atoms with van der Waals surface area (Å²) in [5, 5.41) is 2.37. The highest BCUT2D eigenvalue weighted by atomic mass is 35.5. The van der Waals surface area contributed by atoms with Gasteiger partial charge in [0.1, 0.15) is 18.4 Å². The van der Waals surface area contributed by atoms with E-state index in [2.05, 4.69) is 5.32 Å². The summed E-state index contributed by atoms with van der Waals surface area (Å²) in [5.74, 6) is -2.17. The van der Waals surface area contributed by atoms with Gasteiger partial charge in [-0.25, -0.2) is 12.8 Å². The van der Waals surface area contributed by atoms with Crippen molar-refractivity contribution in [1.82, 2.24) is 10.2 Å². The van der Waals surface area contributed by atoms with E-state index in [1.165, 1.54) is 25.1 Å². The molecule has 2 aromatic carbocycles. The quantitative estimate of drug-likeness (QED) is 0.427. The first-order valence-corrected chi connectivity index (χ1v) is 13.5. The summed E-state index contributed by atoms with van der Waals surface area (Å²) in [4.78, 5) is 27.2. The maximum Gasteiger partial charge on any atom is 0.416 e. The van der Waals surface area contributed by atoms with Gasteiger partial charge in [-0.3, -0.25) is 13.9 Å². The molecule has 2 amide bonds. The zero-order valence-corrected chi connectivity index (χ0v) is 22.2. The maximum absolute atomic E-state index is 14.4. The Labute approximate surface area is 218 Å². The molecule has 0 saturated heterocycles. The molecule has 7 nitrogen and oxygen atoms in total. The van der Waals surface area contributed by atoms with Crippen LogP contribution in [0.3, 0.4) is 0 Å². The summed E-state index contributed by atoms with van der Waals surface area (Å²) in [6, 6.07) is 6.19. The molecule has 0 bridgehead atoms. The number of sulfonamides is 1. The number of hydrogen-bond acceptors (Lipinski definition) is 4. The van der Waals surface area contributed by atoms with Gasteiger partial charge in [0.2, 0.25) is 21.8 Å². The van der Waals surface area contributed by atoms with Gasteiger partial charge in [-0.2, -0.15) is 13.2 Å². The van der Waals surface area contributed by atoms with Gasteiger partial charge >= 0.3 is 6.18 Å². The number of carbonyl (C=O) groups excluding carboxylic acids is 2. The van der Waals surface area contributed by atoms with Crippen molar-refractivity contribution in [3.05, 3.63) is 64.4 Å². The van der Waals surface area contributed by atoms with Gasteiger partial charge in [0.15, 0.2) is 0 Å². The Hall–Kier alpha value is -2.86. The van der Waals surface area contributed by atoms with Crippen LogP contribution in [0.5, 0.6) is 0 Å². The molecule has 0 spiro atoms.